The van der Waals surface area contributed by atoms with Crippen molar-refractivity contribution in [1.29, 1.82) is 0 Å². The predicted molar refractivity (Wildman–Crippen MR) is 233 cm³/mol. The van der Waals surface area contributed by atoms with E-state index in [-0.39, 0.29) is 17.4 Å². The van der Waals surface area contributed by atoms with Gasteiger partial charge in [-0.15, -0.1) is 0 Å². The number of para-hydroxylation sites is 2. The smallest absolute Gasteiger partial charge is 0.149 e. The zero-order valence-corrected chi connectivity index (χ0v) is 31.4. The molecule has 0 bridgehead atoms. The molecule has 3 heteroatoms. The van der Waals surface area contributed by atoms with Gasteiger partial charge in [-0.25, -0.2) is 4.98 Å². The van der Waals surface area contributed by atoms with Crippen LogP contribution in [0.1, 0.15) is 60.3 Å². The SMILES string of the molecule is [2H]C([2H])([2H])c1ccc(-c2nc3ccccc3n2-c2c(C(C)C)cc(-c3ccc(-c4ccccc4)cc3)cc2C(C)C)c2oc3cc4c(ccc5ccccc54)cc3c12. The van der Waals surface area contributed by atoms with Gasteiger partial charge in [0, 0.05) is 14.9 Å². The van der Waals surface area contributed by atoms with E-state index in [1.807, 2.05) is 36.4 Å². The maximum Gasteiger partial charge on any atom is 0.149 e. The van der Waals surface area contributed by atoms with Crippen LogP contribution in [0.5, 0.6) is 0 Å². The molecule has 0 saturated heterocycles. The fourth-order valence-corrected chi connectivity index (χ4v) is 8.46. The Bertz CT molecular complexity index is 3180. The second kappa shape index (κ2) is 12.8. The Morgan fingerprint density at radius 1 is 0.564 bits per heavy atom. The third-order valence-corrected chi connectivity index (χ3v) is 11.2. The molecule has 0 radical (unpaired) electrons. The largest absolute Gasteiger partial charge is 0.455 e. The molecule has 2 heterocycles. The number of benzene rings is 8. The highest BCUT2D eigenvalue weighted by molar-refractivity contribution is 6.18. The van der Waals surface area contributed by atoms with Gasteiger partial charge in [0.25, 0.3) is 0 Å². The van der Waals surface area contributed by atoms with E-state index in [4.69, 9.17) is 13.5 Å². The second-order valence-corrected chi connectivity index (χ2v) is 15.3. The molecule has 0 atom stereocenters. The summed E-state index contributed by atoms with van der Waals surface area (Å²) in [6, 6.07) is 52.6. The number of rotatable bonds is 6. The number of aryl methyl sites for hydroxylation is 1. The molecular formula is C52H42N2O. The number of fused-ring (bicyclic) bond motifs is 7. The Kier molecular flexibility index (Phi) is 6.99. The van der Waals surface area contributed by atoms with Crippen molar-refractivity contribution in [2.24, 2.45) is 0 Å². The summed E-state index contributed by atoms with van der Waals surface area (Å²) in [5.74, 6) is 1.06. The summed E-state index contributed by atoms with van der Waals surface area (Å²) in [6.07, 6.45) is 0. The van der Waals surface area contributed by atoms with E-state index in [0.717, 1.165) is 54.8 Å². The molecule has 0 aliphatic carbocycles. The van der Waals surface area contributed by atoms with Crippen LogP contribution in [-0.4, -0.2) is 9.55 Å². The first kappa shape index (κ1) is 29.9. The van der Waals surface area contributed by atoms with Gasteiger partial charge in [-0.2, -0.15) is 0 Å². The van der Waals surface area contributed by atoms with Crippen LogP contribution in [0.15, 0.2) is 156 Å². The fraction of sp³-hybridized carbons (Fsp3) is 0.135. The van der Waals surface area contributed by atoms with E-state index in [1.54, 1.807) is 6.07 Å². The van der Waals surface area contributed by atoms with Gasteiger partial charge in [0.1, 0.15) is 17.0 Å². The number of hydrogen-bond donors (Lipinski definition) is 0. The number of aromatic nitrogens is 2. The molecule has 8 aromatic carbocycles. The highest BCUT2D eigenvalue weighted by Crippen LogP contribution is 2.44. The molecule has 3 nitrogen and oxygen atoms in total. The van der Waals surface area contributed by atoms with Crippen molar-refractivity contribution < 1.29 is 8.53 Å². The lowest BCUT2D eigenvalue weighted by atomic mass is 9.87. The van der Waals surface area contributed by atoms with Gasteiger partial charge >= 0.3 is 0 Å². The first-order valence-electron chi connectivity index (χ1n) is 20.7. The summed E-state index contributed by atoms with van der Waals surface area (Å²) in [5, 5.41) is 5.73. The highest BCUT2D eigenvalue weighted by atomic mass is 16.3. The van der Waals surface area contributed by atoms with E-state index in [0.29, 0.717) is 22.4 Å². The minimum atomic E-state index is -2.36. The minimum absolute atomic E-state index is 0.177. The van der Waals surface area contributed by atoms with Crippen molar-refractivity contribution in [3.63, 3.8) is 0 Å². The molecule has 10 rings (SSSR count). The summed E-state index contributed by atoms with van der Waals surface area (Å²) < 4.78 is 35.1. The molecular weight excluding hydrogens is 669 g/mol. The molecule has 0 fully saturated rings. The maximum absolute atomic E-state index is 8.65. The first-order chi connectivity index (χ1) is 28.0. The third-order valence-electron chi connectivity index (χ3n) is 11.2. The van der Waals surface area contributed by atoms with Gasteiger partial charge < -0.3 is 4.42 Å². The zero-order chi connectivity index (χ0) is 39.9. The van der Waals surface area contributed by atoms with E-state index in [2.05, 4.69) is 141 Å². The van der Waals surface area contributed by atoms with Gasteiger partial charge in [0.05, 0.1) is 22.3 Å². The number of nitrogens with zero attached hydrogens (tertiary/aromatic N) is 2. The van der Waals surface area contributed by atoms with Gasteiger partial charge in [-0.05, 0) is 122 Å². The summed E-state index contributed by atoms with van der Waals surface area (Å²) in [4.78, 5) is 5.35. The summed E-state index contributed by atoms with van der Waals surface area (Å²) in [7, 11) is 0. The molecule has 55 heavy (non-hydrogen) atoms. The Labute approximate surface area is 325 Å². The van der Waals surface area contributed by atoms with Crippen LogP contribution in [0.2, 0.25) is 0 Å². The van der Waals surface area contributed by atoms with E-state index in [1.165, 1.54) is 27.8 Å². The van der Waals surface area contributed by atoms with Crippen molar-refractivity contribution >= 4 is 54.5 Å². The third kappa shape index (κ3) is 5.37. The zero-order valence-electron chi connectivity index (χ0n) is 34.4. The average molecular weight is 714 g/mol. The van der Waals surface area contributed by atoms with E-state index in [9.17, 15) is 0 Å². The monoisotopic (exact) mass is 713 g/mol. The molecule has 0 saturated carbocycles. The van der Waals surface area contributed by atoms with Crippen molar-refractivity contribution in [3.8, 4) is 39.3 Å². The van der Waals surface area contributed by atoms with Crippen molar-refractivity contribution in [1.82, 2.24) is 9.55 Å². The van der Waals surface area contributed by atoms with Gasteiger partial charge in [0.15, 0.2) is 0 Å². The van der Waals surface area contributed by atoms with Crippen LogP contribution < -0.4 is 0 Å². The number of furan rings is 1. The molecule has 0 amide bonds. The molecule has 0 aliphatic rings. The quantitative estimate of drug-likeness (QED) is 0.161. The standard InChI is InChI=1S/C52H42N2O/c1-31(2)42-28-39(36-22-20-35(21-23-36)34-13-7-6-8-14-34)29-43(32(3)4)50(42)54-47-18-12-11-17-46(47)53-52(54)41-26-19-33(5)49-45-27-38-25-24-37-15-9-10-16-40(37)44(38)30-48(45)55-51(41)49/h6-32H,1-5H3/i5D3. The van der Waals surface area contributed by atoms with Crippen molar-refractivity contribution in [2.45, 2.75) is 46.4 Å². The molecule has 2 aromatic heterocycles. The first-order valence-corrected chi connectivity index (χ1v) is 19.2. The van der Waals surface area contributed by atoms with E-state index >= 15 is 0 Å². The Morgan fingerprint density at radius 2 is 1.22 bits per heavy atom. The topological polar surface area (TPSA) is 31.0 Å². The second-order valence-electron chi connectivity index (χ2n) is 15.3. The van der Waals surface area contributed by atoms with Crippen LogP contribution in [0.25, 0.3) is 93.8 Å². The van der Waals surface area contributed by atoms with Crippen LogP contribution in [0, 0.1) is 6.85 Å². The molecule has 10 aromatic rings. The van der Waals surface area contributed by atoms with Crippen LogP contribution in [0.3, 0.4) is 0 Å². The van der Waals surface area contributed by atoms with Gasteiger partial charge in [0.2, 0.25) is 0 Å². The molecule has 0 aliphatic heterocycles. The summed E-state index contributed by atoms with van der Waals surface area (Å²) >= 11 is 0. The number of hydrogen-bond acceptors (Lipinski definition) is 2. The Hall–Kier alpha value is -6.45. The van der Waals surface area contributed by atoms with Crippen LogP contribution in [0.4, 0.5) is 0 Å². The molecule has 0 unspecified atom stereocenters. The van der Waals surface area contributed by atoms with E-state index < -0.39 is 6.85 Å². The lowest BCUT2D eigenvalue weighted by Gasteiger charge is -2.24. The van der Waals surface area contributed by atoms with Crippen LogP contribution >= 0.6 is 0 Å². The van der Waals surface area contributed by atoms with Crippen molar-refractivity contribution in [2.75, 3.05) is 0 Å². The van der Waals surface area contributed by atoms with Crippen molar-refractivity contribution in [3.05, 3.63) is 168 Å². The lowest BCUT2D eigenvalue weighted by Crippen LogP contribution is -2.09. The number of imidazole rings is 1. The Morgan fingerprint density at radius 3 is 1.96 bits per heavy atom. The predicted octanol–water partition coefficient (Wildman–Crippen LogP) is 14.8. The van der Waals surface area contributed by atoms with Gasteiger partial charge in [-0.3, -0.25) is 4.57 Å². The molecule has 266 valence electrons. The maximum atomic E-state index is 8.65. The highest BCUT2D eigenvalue weighted by Gasteiger charge is 2.26. The summed E-state index contributed by atoms with van der Waals surface area (Å²) in [6.45, 7) is 6.64. The summed E-state index contributed by atoms with van der Waals surface area (Å²) in [5.41, 5.74) is 12.2. The minimum Gasteiger partial charge on any atom is -0.455 e. The average Bonchev–Trinajstić information content (AvgIpc) is 3.80. The Balaban J connectivity index is 1.24. The lowest BCUT2D eigenvalue weighted by molar-refractivity contribution is 0.670. The molecule has 0 N–H and O–H groups in total. The normalized spacial score (nSPS) is 13.1. The molecule has 0 spiro atoms. The van der Waals surface area contributed by atoms with Gasteiger partial charge in [-0.1, -0.05) is 137 Å². The fourth-order valence-electron chi connectivity index (χ4n) is 8.46. The van der Waals surface area contributed by atoms with Crippen LogP contribution in [-0.2, 0) is 0 Å².